The molecule has 0 saturated carbocycles. The lowest BCUT2D eigenvalue weighted by atomic mass is 10.0. The number of likely N-dealkylation sites (tertiary alicyclic amines) is 1. The van der Waals surface area contributed by atoms with E-state index < -0.39 is 5.97 Å². The third-order valence-electron chi connectivity index (χ3n) is 4.34. The van der Waals surface area contributed by atoms with Crippen LogP contribution in [0.2, 0.25) is 0 Å². The maximum atomic E-state index is 11.0. The summed E-state index contributed by atoms with van der Waals surface area (Å²) in [5, 5.41) is 17.6. The molecule has 1 aliphatic rings. The molecule has 0 radical (unpaired) electrons. The van der Waals surface area contributed by atoms with Gasteiger partial charge in [-0.3, -0.25) is 9.69 Å². The number of carbonyl (C=O) groups is 1. The van der Waals surface area contributed by atoms with Crippen LogP contribution in [0.3, 0.4) is 0 Å². The summed E-state index contributed by atoms with van der Waals surface area (Å²) in [5.74, 6) is -0.685. The average Bonchev–Trinajstić information content (AvgIpc) is 3.26. The van der Waals surface area contributed by atoms with Crippen molar-refractivity contribution >= 4 is 34.2 Å². The van der Waals surface area contributed by atoms with Gasteiger partial charge in [-0.25, -0.2) is 0 Å². The first-order chi connectivity index (χ1) is 11.2. The minimum absolute atomic E-state index is 0.214. The summed E-state index contributed by atoms with van der Waals surface area (Å²) >= 11 is 3.44. The molecule has 5 heteroatoms. The molecular weight excluding hydrogens is 326 g/mol. The molecule has 1 fully saturated rings. The quantitative estimate of drug-likeness (QED) is 0.797. The Kier molecular flexibility index (Phi) is 5.65. The van der Waals surface area contributed by atoms with Gasteiger partial charge in [-0.1, -0.05) is 6.08 Å². The van der Waals surface area contributed by atoms with Crippen LogP contribution in [0.1, 0.15) is 36.8 Å². The minimum Gasteiger partial charge on any atom is -0.481 e. The topological polar surface area (TPSA) is 40.5 Å². The van der Waals surface area contributed by atoms with Crippen molar-refractivity contribution in [1.82, 2.24) is 4.90 Å². The van der Waals surface area contributed by atoms with Crippen molar-refractivity contribution in [2.75, 3.05) is 13.1 Å². The van der Waals surface area contributed by atoms with Crippen molar-refractivity contribution in [3.63, 3.8) is 0 Å². The number of thiophene rings is 2. The Hall–Kier alpha value is -1.43. The summed E-state index contributed by atoms with van der Waals surface area (Å²) in [6.45, 7) is 1.97. The van der Waals surface area contributed by atoms with Crippen molar-refractivity contribution in [3.05, 3.63) is 50.9 Å². The van der Waals surface area contributed by atoms with E-state index in [4.69, 9.17) is 5.11 Å². The molecule has 3 rings (SSSR count). The van der Waals surface area contributed by atoms with E-state index in [9.17, 15) is 4.79 Å². The van der Waals surface area contributed by atoms with Crippen LogP contribution in [0.4, 0.5) is 0 Å². The van der Waals surface area contributed by atoms with Gasteiger partial charge in [-0.05, 0) is 76.2 Å². The molecule has 0 bridgehead atoms. The molecule has 1 saturated heterocycles. The monoisotopic (exact) mass is 347 g/mol. The van der Waals surface area contributed by atoms with E-state index >= 15 is 0 Å². The lowest BCUT2D eigenvalue weighted by Gasteiger charge is -2.22. The molecule has 1 N–H and O–H groups in total. The highest BCUT2D eigenvalue weighted by molar-refractivity contribution is 7.08. The highest BCUT2D eigenvalue weighted by Gasteiger charge is 2.25. The Labute approximate surface area is 144 Å². The second-order valence-electron chi connectivity index (χ2n) is 5.86. The van der Waals surface area contributed by atoms with Gasteiger partial charge in [0.1, 0.15) is 0 Å². The zero-order valence-electron chi connectivity index (χ0n) is 13.0. The molecule has 0 aromatic carbocycles. The number of rotatable bonds is 7. The minimum atomic E-state index is -0.685. The molecule has 3 nitrogen and oxygen atoms in total. The second kappa shape index (κ2) is 7.90. The summed E-state index contributed by atoms with van der Waals surface area (Å²) in [6, 6.07) is 4.54. The number of hydrogen-bond donors (Lipinski definition) is 1. The smallest absolute Gasteiger partial charge is 0.304 e. The molecule has 1 atom stereocenters. The highest BCUT2D eigenvalue weighted by atomic mass is 32.1. The first-order valence-electron chi connectivity index (χ1n) is 7.95. The van der Waals surface area contributed by atoms with Crippen molar-refractivity contribution in [3.8, 4) is 0 Å². The number of nitrogens with zero attached hydrogens (tertiary/aromatic N) is 1. The van der Waals surface area contributed by atoms with Gasteiger partial charge in [0, 0.05) is 12.6 Å². The van der Waals surface area contributed by atoms with E-state index in [0.717, 1.165) is 32.4 Å². The summed E-state index contributed by atoms with van der Waals surface area (Å²) in [4.78, 5) is 13.3. The molecule has 2 aromatic heterocycles. The Balaban J connectivity index is 1.66. The number of carboxylic acid groups (broad SMARTS) is 1. The van der Waals surface area contributed by atoms with Gasteiger partial charge < -0.3 is 5.11 Å². The summed E-state index contributed by atoms with van der Waals surface area (Å²) < 4.78 is 0. The second-order valence-corrected chi connectivity index (χ2v) is 7.42. The van der Waals surface area contributed by atoms with Gasteiger partial charge in [0.05, 0.1) is 6.42 Å². The molecule has 0 amide bonds. The van der Waals surface area contributed by atoms with E-state index in [0.29, 0.717) is 0 Å². The van der Waals surface area contributed by atoms with Gasteiger partial charge in [0.15, 0.2) is 0 Å². The maximum absolute atomic E-state index is 11.0. The normalized spacial score (nSPS) is 18.2. The molecule has 2 aromatic rings. The van der Waals surface area contributed by atoms with Crippen molar-refractivity contribution in [2.24, 2.45) is 0 Å². The van der Waals surface area contributed by atoms with Crippen LogP contribution in [0, 0.1) is 0 Å². The predicted molar refractivity (Wildman–Crippen MR) is 97.2 cm³/mol. The fourth-order valence-corrected chi connectivity index (χ4v) is 4.55. The molecule has 23 heavy (non-hydrogen) atoms. The van der Waals surface area contributed by atoms with Crippen molar-refractivity contribution < 1.29 is 9.90 Å². The maximum Gasteiger partial charge on any atom is 0.304 e. The Morgan fingerprint density at radius 2 is 1.96 bits per heavy atom. The Morgan fingerprint density at radius 1 is 1.26 bits per heavy atom. The summed E-state index contributed by atoms with van der Waals surface area (Å²) in [6.07, 6.45) is 5.66. The molecule has 3 heterocycles. The average molecular weight is 348 g/mol. The predicted octanol–water partition coefficient (Wildman–Crippen LogP) is 4.57. The van der Waals surface area contributed by atoms with Crippen LogP contribution in [0.25, 0.3) is 5.57 Å². The van der Waals surface area contributed by atoms with E-state index in [1.807, 2.05) is 0 Å². The summed E-state index contributed by atoms with van der Waals surface area (Å²) in [5.41, 5.74) is 3.84. The van der Waals surface area contributed by atoms with Crippen LogP contribution in [-0.2, 0) is 4.79 Å². The van der Waals surface area contributed by atoms with E-state index in [1.54, 1.807) is 22.7 Å². The molecule has 1 aliphatic heterocycles. The fourth-order valence-electron chi connectivity index (χ4n) is 3.23. The van der Waals surface area contributed by atoms with E-state index in [1.165, 1.54) is 16.7 Å². The third-order valence-corrected chi connectivity index (χ3v) is 5.70. The number of carboxylic acids is 1. The highest BCUT2D eigenvalue weighted by Crippen LogP contribution is 2.28. The van der Waals surface area contributed by atoms with Crippen LogP contribution >= 0.6 is 22.7 Å². The van der Waals surface area contributed by atoms with Gasteiger partial charge in [-0.15, -0.1) is 0 Å². The fraction of sp³-hybridized carbons (Fsp3) is 0.389. The zero-order chi connectivity index (χ0) is 16.1. The van der Waals surface area contributed by atoms with Crippen LogP contribution < -0.4 is 0 Å². The van der Waals surface area contributed by atoms with Gasteiger partial charge >= 0.3 is 5.97 Å². The van der Waals surface area contributed by atoms with Crippen LogP contribution in [-0.4, -0.2) is 35.1 Å². The molecule has 0 spiro atoms. The lowest BCUT2D eigenvalue weighted by Crippen LogP contribution is -2.32. The molecule has 0 unspecified atom stereocenters. The van der Waals surface area contributed by atoms with Crippen molar-refractivity contribution in [2.45, 2.75) is 31.7 Å². The largest absolute Gasteiger partial charge is 0.481 e. The SMILES string of the molecule is O=C(O)C[C@@H]1CCCN1CCC=C(c1ccsc1)c1ccsc1. The van der Waals surface area contributed by atoms with Crippen LogP contribution in [0.5, 0.6) is 0 Å². The molecule has 0 aliphatic carbocycles. The standard InChI is InChI=1S/C18H21NO2S2/c20-18(21)11-16-3-1-7-19(16)8-2-4-17(14-5-9-22-12-14)15-6-10-23-13-15/h4-6,9-10,12-13,16H,1-3,7-8,11H2,(H,20,21)/t16-/m0/s1. The van der Waals surface area contributed by atoms with Gasteiger partial charge in [0.25, 0.3) is 0 Å². The van der Waals surface area contributed by atoms with Crippen molar-refractivity contribution in [1.29, 1.82) is 0 Å². The first-order valence-corrected chi connectivity index (χ1v) is 9.84. The van der Waals surface area contributed by atoms with E-state index in [-0.39, 0.29) is 12.5 Å². The first kappa shape index (κ1) is 16.4. The van der Waals surface area contributed by atoms with Gasteiger partial charge in [0.2, 0.25) is 0 Å². The number of aliphatic carboxylic acids is 1. The zero-order valence-corrected chi connectivity index (χ0v) is 14.6. The Morgan fingerprint density at radius 3 is 2.52 bits per heavy atom. The summed E-state index contributed by atoms with van der Waals surface area (Å²) in [7, 11) is 0. The molecule has 122 valence electrons. The van der Waals surface area contributed by atoms with E-state index in [2.05, 4.69) is 44.6 Å². The lowest BCUT2D eigenvalue weighted by molar-refractivity contribution is -0.138. The molecular formula is C18H21NO2S2. The van der Waals surface area contributed by atoms with Crippen LogP contribution in [0.15, 0.2) is 39.7 Å². The van der Waals surface area contributed by atoms with Gasteiger partial charge in [-0.2, -0.15) is 22.7 Å². The third kappa shape index (κ3) is 4.31. The number of hydrogen-bond acceptors (Lipinski definition) is 4. The Bertz CT molecular complexity index is 610.